The van der Waals surface area contributed by atoms with Gasteiger partial charge in [0.25, 0.3) is 0 Å². The van der Waals surface area contributed by atoms with Crippen LogP contribution in [0.25, 0.3) is 139 Å². The molecule has 0 radical (unpaired) electrons. The normalized spacial score (nSPS) is 11.7. The van der Waals surface area contributed by atoms with E-state index in [0.717, 1.165) is 99.8 Å². The SMILES string of the molecule is c1ccc(-c2cccc3c4ccccc4n(-c4nc(-c5ccccc5-n5c6ccccc6c6cccc(-c7ccccc7)c65)nc(-c5ccccc5-n5c6ccccc6c6cccc(-c7ccccc7)c65)n4)c23)cc1. The molecule has 0 amide bonds. The largest absolute Gasteiger partial charge is 0.308 e. The van der Waals surface area contributed by atoms with E-state index < -0.39 is 0 Å². The van der Waals surface area contributed by atoms with Gasteiger partial charge in [-0.1, -0.05) is 224 Å². The van der Waals surface area contributed by atoms with E-state index in [4.69, 9.17) is 15.0 Å². The van der Waals surface area contributed by atoms with Crippen molar-refractivity contribution in [2.45, 2.75) is 0 Å². The molecule has 0 bridgehead atoms. The first-order valence-corrected chi connectivity index (χ1v) is 25.5. The molecule has 11 aromatic carbocycles. The van der Waals surface area contributed by atoms with Gasteiger partial charge < -0.3 is 9.13 Å². The minimum Gasteiger partial charge on any atom is -0.308 e. The molecule has 15 rings (SSSR count). The first kappa shape index (κ1) is 42.5. The van der Waals surface area contributed by atoms with Gasteiger partial charge in [0.15, 0.2) is 11.6 Å². The topological polar surface area (TPSA) is 53.5 Å². The van der Waals surface area contributed by atoms with Crippen molar-refractivity contribution < 1.29 is 0 Å². The monoisotopic (exact) mass is 956 g/mol. The maximum Gasteiger partial charge on any atom is 0.238 e. The highest BCUT2D eigenvalue weighted by Crippen LogP contribution is 2.44. The maximum absolute atomic E-state index is 5.68. The molecule has 15 aromatic rings. The third kappa shape index (κ3) is 6.70. The summed E-state index contributed by atoms with van der Waals surface area (Å²) in [4.78, 5) is 17.1. The molecule has 75 heavy (non-hydrogen) atoms. The number of hydrogen-bond donors (Lipinski definition) is 0. The van der Waals surface area contributed by atoms with E-state index in [-0.39, 0.29) is 0 Å². The van der Waals surface area contributed by atoms with Crippen LogP contribution in [0, 0.1) is 0 Å². The lowest BCUT2D eigenvalue weighted by Crippen LogP contribution is -2.09. The summed E-state index contributed by atoms with van der Waals surface area (Å²) in [6.07, 6.45) is 0. The minimum atomic E-state index is 0.522. The lowest BCUT2D eigenvalue weighted by atomic mass is 10.0. The quantitative estimate of drug-likeness (QED) is 0.152. The van der Waals surface area contributed by atoms with Crippen molar-refractivity contribution in [2.75, 3.05) is 0 Å². The molecule has 0 unspecified atom stereocenters. The number of aromatic nitrogens is 6. The summed E-state index contributed by atoms with van der Waals surface area (Å²) in [7, 11) is 0. The molecule has 6 heteroatoms. The Hall–Kier alpha value is -10.2. The second-order valence-corrected chi connectivity index (χ2v) is 19.1. The standard InChI is InChI=1S/C69H44N6/c1-4-23-45(24-5-1)48-34-20-37-54-51-29-10-15-40-59(51)73(64(48)54)62-43-18-13-32-57(62)67-70-68(72-69(71-67)75-61-42-17-12-31-53(61)56-39-22-36-50(66(56)75)47-27-8-3-9-28-47)58-33-14-19-44-63(58)74-60-41-16-11-30-52(60)55-38-21-35-49(65(55)74)46-25-6-2-7-26-46/h1-44H. The second kappa shape index (κ2) is 17.3. The van der Waals surface area contributed by atoms with Gasteiger partial charge in [-0.2, -0.15) is 9.97 Å². The highest BCUT2D eigenvalue weighted by Gasteiger charge is 2.26. The van der Waals surface area contributed by atoms with Crippen molar-refractivity contribution >= 4 is 65.4 Å². The van der Waals surface area contributed by atoms with E-state index in [0.29, 0.717) is 17.6 Å². The van der Waals surface area contributed by atoms with Gasteiger partial charge in [0.05, 0.1) is 44.5 Å². The predicted molar refractivity (Wildman–Crippen MR) is 310 cm³/mol. The van der Waals surface area contributed by atoms with Gasteiger partial charge in [-0.05, 0) is 59.2 Å². The van der Waals surface area contributed by atoms with E-state index in [2.05, 4.69) is 281 Å². The van der Waals surface area contributed by atoms with E-state index in [1.807, 2.05) is 0 Å². The van der Waals surface area contributed by atoms with E-state index in [1.54, 1.807) is 0 Å². The molecule has 4 aromatic heterocycles. The van der Waals surface area contributed by atoms with Crippen LogP contribution in [0.15, 0.2) is 267 Å². The molecule has 0 aliphatic heterocycles. The molecule has 0 saturated carbocycles. The average Bonchev–Trinajstić information content (AvgIpc) is 4.14. The Morgan fingerprint density at radius 2 is 0.507 bits per heavy atom. The Kier molecular flexibility index (Phi) is 9.78. The van der Waals surface area contributed by atoms with Gasteiger partial charge in [0.2, 0.25) is 5.95 Å². The van der Waals surface area contributed by atoms with Crippen molar-refractivity contribution in [3.8, 4) is 73.5 Å². The van der Waals surface area contributed by atoms with Crippen LogP contribution in [0.2, 0.25) is 0 Å². The molecule has 0 fully saturated rings. The fourth-order valence-electron chi connectivity index (χ4n) is 11.7. The lowest BCUT2D eigenvalue weighted by Gasteiger charge is -2.18. The van der Waals surface area contributed by atoms with Crippen LogP contribution >= 0.6 is 0 Å². The average molecular weight is 957 g/mol. The summed E-state index contributed by atoms with van der Waals surface area (Å²) < 4.78 is 7.09. The summed E-state index contributed by atoms with van der Waals surface area (Å²) in [5.41, 5.74) is 16.9. The lowest BCUT2D eigenvalue weighted by molar-refractivity contribution is 0.950. The highest BCUT2D eigenvalue weighted by atomic mass is 15.2. The molecule has 4 heterocycles. The summed E-state index contributed by atoms with van der Waals surface area (Å²) in [5, 5.41) is 6.93. The zero-order chi connectivity index (χ0) is 49.4. The Bertz CT molecular complexity index is 4480. The van der Waals surface area contributed by atoms with Crippen LogP contribution in [0.5, 0.6) is 0 Å². The van der Waals surface area contributed by atoms with Crippen LogP contribution in [0.4, 0.5) is 0 Å². The Morgan fingerprint density at radius 3 is 0.907 bits per heavy atom. The van der Waals surface area contributed by atoms with Crippen molar-refractivity contribution in [2.24, 2.45) is 0 Å². The molecule has 0 N–H and O–H groups in total. The van der Waals surface area contributed by atoms with Crippen LogP contribution in [0.3, 0.4) is 0 Å². The second-order valence-electron chi connectivity index (χ2n) is 19.1. The number of hydrogen-bond acceptors (Lipinski definition) is 3. The summed E-state index contributed by atoms with van der Waals surface area (Å²) in [6.45, 7) is 0. The van der Waals surface area contributed by atoms with Crippen LogP contribution in [-0.4, -0.2) is 28.7 Å². The summed E-state index contributed by atoms with van der Waals surface area (Å²) >= 11 is 0. The van der Waals surface area contributed by atoms with Gasteiger partial charge in [0, 0.05) is 60.1 Å². The molecule has 0 spiro atoms. The van der Waals surface area contributed by atoms with Gasteiger partial charge in [0.1, 0.15) is 0 Å². The molecular formula is C69H44N6. The zero-order valence-corrected chi connectivity index (χ0v) is 40.6. The number of nitrogens with zero attached hydrogens (tertiary/aromatic N) is 6. The van der Waals surface area contributed by atoms with E-state index >= 15 is 0 Å². The molecule has 6 nitrogen and oxygen atoms in total. The Labute approximate surface area is 432 Å². The van der Waals surface area contributed by atoms with Crippen molar-refractivity contribution in [1.82, 2.24) is 28.7 Å². The van der Waals surface area contributed by atoms with Crippen molar-refractivity contribution in [3.63, 3.8) is 0 Å². The summed E-state index contributed by atoms with van der Waals surface area (Å²) in [5.74, 6) is 1.63. The number of para-hydroxylation sites is 8. The fraction of sp³-hybridized carbons (Fsp3) is 0. The minimum absolute atomic E-state index is 0.522. The first-order valence-electron chi connectivity index (χ1n) is 25.5. The smallest absolute Gasteiger partial charge is 0.238 e. The molecule has 0 aliphatic rings. The highest BCUT2D eigenvalue weighted by molar-refractivity contribution is 6.16. The third-order valence-electron chi connectivity index (χ3n) is 14.9. The third-order valence-corrected chi connectivity index (χ3v) is 14.9. The van der Waals surface area contributed by atoms with Crippen LogP contribution in [-0.2, 0) is 0 Å². The first-order chi connectivity index (χ1) is 37.3. The van der Waals surface area contributed by atoms with E-state index in [1.165, 1.54) is 21.5 Å². The van der Waals surface area contributed by atoms with Crippen molar-refractivity contribution in [3.05, 3.63) is 267 Å². The van der Waals surface area contributed by atoms with Crippen molar-refractivity contribution in [1.29, 1.82) is 0 Å². The van der Waals surface area contributed by atoms with E-state index in [9.17, 15) is 0 Å². The number of fused-ring (bicyclic) bond motifs is 9. The molecule has 350 valence electrons. The molecule has 0 saturated heterocycles. The Balaban J connectivity index is 1.06. The van der Waals surface area contributed by atoms with Crippen LogP contribution < -0.4 is 0 Å². The number of rotatable bonds is 8. The summed E-state index contributed by atoms with van der Waals surface area (Å²) in [6, 6.07) is 95.1. The van der Waals surface area contributed by atoms with Gasteiger partial charge >= 0.3 is 0 Å². The van der Waals surface area contributed by atoms with Gasteiger partial charge in [-0.3, -0.25) is 4.57 Å². The van der Waals surface area contributed by atoms with Crippen LogP contribution in [0.1, 0.15) is 0 Å². The molecule has 0 aliphatic carbocycles. The fourth-order valence-corrected chi connectivity index (χ4v) is 11.7. The molecule has 0 atom stereocenters. The molecular weight excluding hydrogens is 913 g/mol. The predicted octanol–water partition coefficient (Wildman–Crippen LogP) is 17.5. The van der Waals surface area contributed by atoms with Gasteiger partial charge in [-0.15, -0.1) is 0 Å². The Morgan fingerprint density at radius 1 is 0.213 bits per heavy atom. The number of benzene rings is 11. The maximum atomic E-state index is 5.68. The zero-order valence-electron chi connectivity index (χ0n) is 40.6. The van der Waals surface area contributed by atoms with Gasteiger partial charge in [-0.25, -0.2) is 4.98 Å².